The summed E-state index contributed by atoms with van der Waals surface area (Å²) in [5.41, 5.74) is 12.4. The van der Waals surface area contributed by atoms with Crippen LogP contribution in [0, 0.1) is 0 Å². The summed E-state index contributed by atoms with van der Waals surface area (Å²) < 4.78 is 5.57. The van der Waals surface area contributed by atoms with Gasteiger partial charge in [0.2, 0.25) is 0 Å². The van der Waals surface area contributed by atoms with Gasteiger partial charge >= 0.3 is 0 Å². The van der Waals surface area contributed by atoms with Crippen LogP contribution in [0.1, 0.15) is 19.4 Å². The largest absolute Gasteiger partial charge is 0.491 e. The van der Waals surface area contributed by atoms with Crippen molar-refractivity contribution < 1.29 is 4.74 Å². The molecule has 1 aromatic rings. The minimum Gasteiger partial charge on any atom is -0.491 e. The lowest BCUT2D eigenvalue weighted by Crippen LogP contribution is -2.39. The molecule has 0 spiro atoms. The van der Waals surface area contributed by atoms with Crippen LogP contribution < -0.4 is 21.5 Å². The molecule has 0 heterocycles. The van der Waals surface area contributed by atoms with Crippen molar-refractivity contribution in [3.63, 3.8) is 0 Å². The molecule has 4 nitrogen and oxygen atoms in total. The van der Waals surface area contributed by atoms with E-state index in [1.807, 2.05) is 26.0 Å². The van der Waals surface area contributed by atoms with E-state index in [2.05, 4.69) is 17.4 Å². The predicted octanol–water partition coefficient (Wildman–Crippen LogP) is 0.849. The standard InChI is InChI=1S/C13H23N3O/c1-10(2)17-13-5-3-11(4-6-13)8-16-9-12(15)7-14/h3-6,10,12,16H,7-9,14-15H2,1-2H3. The Kier molecular flexibility index (Phi) is 5.97. The second-order valence-electron chi connectivity index (χ2n) is 4.44. The summed E-state index contributed by atoms with van der Waals surface area (Å²) in [4.78, 5) is 0. The maximum atomic E-state index is 5.71. The first-order chi connectivity index (χ1) is 8.11. The topological polar surface area (TPSA) is 73.3 Å². The van der Waals surface area contributed by atoms with Crippen LogP contribution in [0.25, 0.3) is 0 Å². The SMILES string of the molecule is CC(C)Oc1ccc(CNCC(N)CN)cc1. The molecule has 0 aliphatic rings. The van der Waals surface area contributed by atoms with Gasteiger partial charge in [0.25, 0.3) is 0 Å². The summed E-state index contributed by atoms with van der Waals surface area (Å²) in [7, 11) is 0. The van der Waals surface area contributed by atoms with Gasteiger partial charge in [-0.3, -0.25) is 0 Å². The number of nitrogens with two attached hydrogens (primary N) is 2. The molecule has 1 rings (SSSR count). The smallest absolute Gasteiger partial charge is 0.119 e. The van der Waals surface area contributed by atoms with Crippen LogP contribution in [0.2, 0.25) is 0 Å². The Morgan fingerprint density at radius 1 is 1.24 bits per heavy atom. The Balaban J connectivity index is 2.35. The van der Waals surface area contributed by atoms with Crippen molar-refractivity contribution in [3.05, 3.63) is 29.8 Å². The molecule has 1 atom stereocenters. The Hall–Kier alpha value is -1.10. The van der Waals surface area contributed by atoms with Crippen LogP contribution in [0.4, 0.5) is 0 Å². The van der Waals surface area contributed by atoms with E-state index in [1.54, 1.807) is 0 Å². The molecule has 0 saturated carbocycles. The Morgan fingerprint density at radius 2 is 1.88 bits per heavy atom. The minimum absolute atomic E-state index is 0.0264. The van der Waals surface area contributed by atoms with Crippen LogP contribution in [-0.2, 0) is 6.54 Å². The second kappa shape index (κ2) is 7.27. The third kappa shape index (κ3) is 5.68. The van der Waals surface area contributed by atoms with Crippen LogP contribution >= 0.6 is 0 Å². The zero-order chi connectivity index (χ0) is 12.7. The molecule has 0 aliphatic heterocycles. The van der Waals surface area contributed by atoms with Crippen molar-refractivity contribution in [2.45, 2.75) is 32.5 Å². The third-order valence-corrected chi connectivity index (χ3v) is 2.33. The number of ether oxygens (including phenoxy) is 1. The molecule has 0 radical (unpaired) electrons. The fourth-order valence-electron chi connectivity index (χ4n) is 1.44. The summed E-state index contributed by atoms with van der Waals surface area (Å²) in [6.45, 7) is 6.08. The quantitative estimate of drug-likeness (QED) is 0.657. The summed E-state index contributed by atoms with van der Waals surface area (Å²) >= 11 is 0. The average molecular weight is 237 g/mol. The van der Waals surface area contributed by atoms with Gasteiger partial charge in [0, 0.05) is 25.7 Å². The molecule has 96 valence electrons. The molecular weight excluding hydrogens is 214 g/mol. The van der Waals surface area contributed by atoms with Crippen molar-refractivity contribution >= 4 is 0 Å². The van der Waals surface area contributed by atoms with Crippen molar-refractivity contribution in [1.29, 1.82) is 0 Å². The van der Waals surface area contributed by atoms with E-state index < -0.39 is 0 Å². The van der Waals surface area contributed by atoms with Gasteiger partial charge in [-0.05, 0) is 31.5 Å². The highest BCUT2D eigenvalue weighted by molar-refractivity contribution is 5.27. The van der Waals surface area contributed by atoms with Crippen molar-refractivity contribution in [2.24, 2.45) is 11.5 Å². The highest BCUT2D eigenvalue weighted by Gasteiger charge is 2.00. The van der Waals surface area contributed by atoms with Crippen LogP contribution in [0.3, 0.4) is 0 Å². The first kappa shape index (κ1) is 14.0. The first-order valence-corrected chi connectivity index (χ1v) is 6.03. The third-order valence-electron chi connectivity index (χ3n) is 2.33. The molecule has 0 bridgehead atoms. The van der Waals surface area contributed by atoms with E-state index in [0.29, 0.717) is 6.54 Å². The van der Waals surface area contributed by atoms with Gasteiger partial charge in [0.05, 0.1) is 6.10 Å². The molecule has 0 aliphatic carbocycles. The zero-order valence-corrected chi connectivity index (χ0v) is 10.6. The summed E-state index contributed by atoms with van der Waals surface area (Å²) in [6.07, 6.45) is 0.210. The van der Waals surface area contributed by atoms with E-state index >= 15 is 0 Å². The number of benzene rings is 1. The molecule has 0 fully saturated rings. The van der Waals surface area contributed by atoms with Gasteiger partial charge in [0.1, 0.15) is 5.75 Å². The molecule has 4 heteroatoms. The lowest BCUT2D eigenvalue weighted by Gasteiger charge is -2.12. The van der Waals surface area contributed by atoms with Gasteiger partial charge < -0.3 is 21.5 Å². The van der Waals surface area contributed by atoms with Crippen molar-refractivity contribution in [1.82, 2.24) is 5.32 Å². The Bertz CT molecular complexity index is 311. The Morgan fingerprint density at radius 3 is 2.41 bits per heavy atom. The van der Waals surface area contributed by atoms with Gasteiger partial charge in [-0.2, -0.15) is 0 Å². The highest BCUT2D eigenvalue weighted by Crippen LogP contribution is 2.13. The fourth-order valence-corrected chi connectivity index (χ4v) is 1.44. The maximum absolute atomic E-state index is 5.71. The van der Waals surface area contributed by atoms with E-state index in [9.17, 15) is 0 Å². The number of nitrogens with one attached hydrogen (secondary N) is 1. The van der Waals surface area contributed by atoms with Crippen LogP contribution in [-0.4, -0.2) is 25.2 Å². The summed E-state index contributed by atoms with van der Waals surface area (Å²) in [5.74, 6) is 0.905. The normalized spacial score (nSPS) is 12.8. The molecule has 0 aromatic heterocycles. The molecular formula is C13H23N3O. The van der Waals surface area contributed by atoms with Crippen LogP contribution in [0.15, 0.2) is 24.3 Å². The van der Waals surface area contributed by atoms with Crippen molar-refractivity contribution in [3.8, 4) is 5.75 Å². The van der Waals surface area contributed by atoms with E-state index in [-0.39, 0.29) is 12.1 Å². The molecule has 0 saturated heterocycles. The van der Waals surface area contributed by atoms with Crippen LogP contribution in [0.5, 0.6) is 5.75 Å². The average Bonchev–Trinajstić information content (AvgIpc) is 2.30. The van der Waals surface area contributed by atoms with E-state index in [4.69, 9.17) is 16.2 Å². The molecule has 1 aromatic carbocycles. The first-order valence-electron chi connectivity index (χ1n) is 6.03. The maximum Gasteiger partial charge on any atom is 0.119 e. The fraction of sp³-hybridized carbons (Fsp3) is 0.538. The van der Waals surface area contributed by atoms with Gasteiger partial charge in [-0.15, -0.1) is 0 Å². The monoisotopic (exact) mass is 237 g/mol. The lowest BCUT2D eigenvalue weighted by molar-refractivity contribution is 0.242. The summed E-state index contributed by atoms with van der Waals surface area (Å²) in [6, 6.07) is 8.11. The number of hydrogen-bond acceptors (Lipinski definition) is 4. The van der Waals surface area contributed by atoms with E-state index in [0.717, 1.165) is 18.8 Å². The van der Waals surface area contributed by atoms with Gasteiger partial charge in [-0.1, -0.05) is 12.1 Å². The summed E-state index contributed by atoms with van der Waals surface area (Å²) in [5, 5.41) is 3.27. The van der Waals surface area contributed by atoms with Gasteiger partial charge in [0.15, 0.2) is 0 Å². The second-order valence-corrected chi connectivity index (χ2v) is 4.44. The molecule has 17 heavy (non-hydrogen) atoms. The van der Waals surface area contributed by atoms with E-state index in [1.165, 1.54) is 5.56 Å². The van der Waals surface area contributed by atoms with Crippen molar-refractivity contribution in [2.75, 3.05) is 13.1 Å². The predicted molar refractivity (Wildman–Crippen MR) is 70.9 cm³/mol. The zero-order valence-electron chi connectivity index (χ0n) is 10.6. The lowest BCUT2D eigenvalue weighted by atomic mass is 10.2. The molecule has 0 amide bonds. The Labute approximate surface area is 103 Å². The number of rotatable bonds is 7. The molecule has 5 N–H and O–H groups in total. The highest BCUT2D eigenvalue weighted by atomic mass is 16.5. The molecule has 1 unspecified atom stereocenters. The minimum atomic E-state index is 0.0264. The number of hydrogen-bond donors (Lipinski definition) is 3. The van der Waals surface area contributed by atoms with Gasteiger partial charge in [-0.25, -0.2) is 0 Å².